The molecule has 2 aromatic carbocycles. The van der Waals surface area contributed by atoms with E-state index in [1.165, 1.54) is 18.4 Å². The lowest BCUT2D eigenvalue weighted by Crippen LogP contribution is -2.38. The summed E-state index contributed by atoms with van der Waals surface area (Å²) in [7, 11) is -1.68. The second-order valence-corrected chi connectivity index (χ2v) is 14.2. The predicted octanol–water partition coefficient (Wildman–Crippen LogP) is 5.85. The van der Waals surface area contributed by atoms with Gasteiger partial charge in [-0.05, 0) is 40.6 Å². The summed E-state index contributed by atoms with van der Waals surface area (Å²) in [6.45, 7) is 11.5. The van der Waals surface area contributed by atoms with E-state index in [9.17, 15) is 5.11 Å². The van der Waals surface area contributed by atoms with Gasteiger partial charge in [0, 0.05) is 11.8 Å². The monoisotopic (exact) mass is 379 g/mol. The largest absolute Gasteiger partial charge is 0.507 e. The first-order valence-corrected chi connectivity index (χ1v) is 13.7. The molecular weight excluding hydrogens is 346 g/mol. The fraction of sp³-hybridized carbons (Fsp3) is 0.458. The Kier molecular flexibility index (Phi) is 5.90. The highest BCUT2D eigenvalue weighted by atomic mass is 28.3. The highest BCUT2D eigenvalue weighted by Gasteiger charge is 2.27. The third kappa shape index (κ3) is 4.52. The predicted molar refractivity (Wildman–Crippen MR) is 120 cm³/mol. The van der Waals surface area contributed by atoms with Gasteiger partial charge in [-0.25, -0.2) is 0 Å². The Hall–Kier alpha value is -1.87. The van der Waals surface area contributed by atoms with E-state index in [1.54, 1.807) is 0 Å². The lowest BCUT2D eigenvalue weighted by Gasteiger charge is -2.31. The van der Waals surface area contributed by atoms with Gasteiger partial charge in [0.1, 0.15) is 5.75 Å². The van der Waals surface area contributed by atoms with Gasteiger partial charge in [-0.2, -0.15) is 0 Å². The molecule has 0 saturated heterocycles. The maximum absolute atomic E-state index is 11.0. The molecule has 0 bridgehead atoms. The third-order valence-corrected chi connectivity index (χ3v) is 8.12. The van der Waals surface area contributed by atoms with Crippen LogP contribution in [0.15, 0.2) is 47.5 Å². The average Bonchev–Trinajstić information content (AvgIpc) is 2.63. The molecule has 144 valence electrons. The summed E-state index contributed by atoms with van der Waals surface area (Å²) in [5.41, 5.74) is 3.21. The van der Waals surface area contributed by atoms with E-state index in [1.807, 2.05) is 12.3 Å². The minimum absolute atomic E-state index is 0.365. The molecule has 3 unspecified atom stereocenters. The van der Waals surface area contributed by atoms with Gasteiger partial charge in [-0.15, -0.1) is 0 Å². The van der Waals surface area contributed by atoms with Crippen molar-refractivity contribution < 1.29 is 5.11 Å². The zero-order chi connectivity index (χ0) is 19.6. The summed E-state index contributed by atoms with van der Waals surface area (Å²) < 4.78 is 0. The van der Waals surface area contributed by atoms with E-state index in [0.29, 0.717) is 17.7 Å². The van der Waals surface area contributed by atoms with Crippen LogP contribution in [0.1, 0.15) is 38.7 Å². The van der Waals surface area contributed by atoms with E-state index in [0.717, 1.165) is 28.7 Å². The molecule has 0 amide bonds. The molecule has 0 heterocycles. The number of benzene rings is 2. The molecule has 3 heteroatoms. The Bertz CT molecular complexity index is 807. The first-order valence-electron chi connectivity index (χ1n) is 10.2. The third-order valence-electron chi connectivity index (χ3n) is 6.12. The number of aromatic hydroxyl groups is 1. The molecule has 0 aromatic heterocycles. The second-order valence-electron chi connectivity index (χ2n) is 9.19. The minimum atomic E-state index is -1.68. The topological polar surface area (TPSA) is 32.6 Å². The lowest BCUT2D eigenvalue weighted by atomic mass is 9.78. The zero-order valence-electron chi connectivity index (χ0n) is 17.4. The van der Waals surface area contributed by atoms with Gasteiger partial charge in [0.25, 0.3) is 0 Å². The van der Waals surface area contributed by atoms with Crippen molar-refractivity contribution in [3.05, 3.63) is 48.0 Å². The van der Waals surface area contributed by atoms with E-state index >= 15 is 0 Å². The lowest BCUT2D eigenvalue weighted by molar-refractivity contribution is 0.242. The normalized spacial score (nSPS) is 23.7. The van der Waals surface area contributed by atoms with Crippen molar-refractivity contribution in [3.63, 3.8) is 0 Å². The number of hydrogen-bond acceptors (Lipinski definition) is 2. The van der Waals surface area contributed by atoms with Crippen LogP contribution in [-0.2, 0) is 0 Å². The molecule has 2 nitrogen and oxygen atoms in total. The van der Waals surface area contributed by atoms with Crippen LogP contribution in [0, 0.1) is 11.8 Å². The van der Waals surface area contributed by atoms with Gasteiger partial charge in [-0.1, -0.05) is 82.7 Å². The van der Waals surface area contributed by atoms with Crippen LogP contribution in [0.3, 0.4) is 0 Å². The van der Waals surface area contributed by atoms with E-state index in [4.69, 9.17) is 4.99 Å². The maximum atomic E-state index is 11.0. The van der Waals surface area contributed by atoms with Crippen molar-refractivity contribution in [1.29, 1.82) is 0 Å². The highest BCUT2D eigenvalue weighted by molar-refractivity contribution is 6.89. The van der Waals surface area contributed by atoms with Crippen molar-refractivity contribution in [2.75, 3.05) is 0 Å². The van der Waals surface area contributed by atoms with Crippen molar-refractivity contribution in [3.8, 4) is 16.9 Å². The summed E-state index contributed by atoms with van der Waals surface area (Å²) in [5, 5.41) is 12.1. The molecule has 1 N–H and O–H groups in total. The first kappa shape index (κ1) is 19.9. The van der Waals surface area contributed by atoms with Crippen LogP contribution < -0.4 is 5.19 Å². The number of phenols is 1. The number of aliphatic imine (C=N–C) groups is 1. The molecule has 1 fully saturated rings. The van der Waals surface area contributed by atoms with Crippen molar-refractivity contribution in [2.45, 2.75) is 58.8 Å². The number of rotatable bonds is 4. The van der Waals surface area contributed by atoms with Crippen LogP contribution in [-0.4, -0.2) is 25.4 Å². The second kappa shape index (κ2) is 8.01. The van der Waals surface area contributed by atoms with Crippen molar-refractivity contribution >= 4 is 19.5 Å². The van der Waals surface area contributed by atoms with Crippen LogP contribution in [0.5, 0.6) is 5.75 Å². The van der Waals surface area contributed by atoms with Gasteiger partial charge < -0.3 is 5.11 Å². The maximum Gasteiger partial charge on any atom is 0.123 e. The fourth-order valence-electron chi connectivity index (χ4n) is 4.06. The van der Waals surface area contributed by atoms with Gasteiger partial charge in [0.05, 0.1) is 14.1 Å². The van der Waals surface area contributed by atoms with Crippen LogP contribution in [0.2, 0.25) is 19.6 Å². The van der Waals surface area contributed by atoms with Gasteiger partial charge in [0.15, 0.2) is 0 Å². The number of nitrogens with zero attached hydrogens (tertiary/aromatic N) is 1. The molecule has 3 rings (SSSR count). The summed E-state index contributed by atoms with van der Waals surface area (Å²) in [6, 6.07) is 15.1. The Labute approximate surface area is 165 Å². The molecule has 0 radical (unpaired) electrons. The fourth-order valence-corrected chi connectivity index (χ4v) is 5.51. The molecule has 1 aliphatic carbocycles. The summed E-state index contributed by atoms with van der Waals surface area (Å²) in [5.74, 6) is 1.75. The van der Waals surface area contributed by atoms with Gasteiger partial charge in [-0.3, -0.25) is 4.99 Å². The highest BCUT2D eigenvalue weighted by Crippen LogP contribution is 2.32. The Balaban J connectivity index is 2.02. The van der Waals surface area contributed by atoms with Crippen LogP contribution >= 0.6 is 0 Å². The number of phenolic OH excluding ortho intramolecular Hbond substituents is 1. The smallest absolute Gasteiger partial charge is 0.123 e. The summed E-state index contributed by atoms with van der Waals surface area (Å²) >= 11 is 0. The van der Waals surface area contributed by atoms with E-state index < -0.39 is 8.07 Å². The molecule has 2 aromatic rings. The molecular formula is C24H33NOSi. The molecule has 3 atom stereocenters. The molecule has 1 aliphatic rings. The van der Waals surface area contributed by atoms with E-state index in [2.05, 4.69) is 69.9 Å². The summed E-state index contributed by atoms with van der Waals surface area (Å²) in [4.78, 5) is 4.93. The summed E-state index contributed by atoms with van der Waals surface area (Å²) in [6.07, 6.45) is 5.65. The van der Waals surface area contributed by atoms with Gasteiger partial charge >= 0.3 is 0 Å². The molecule has 27 heavy (non-hydrogen) atoms. The number of hydrogen-bond donors (Lipinski definition) is 1. The average molecular weight is 380 g/mol. The van der Waals surface area contributed by atoms with Gasteiger partial charge in [0.2, 0.25) is 0 Å². The zero-order valence-corrected chi connectivity index (χ0v) is 18.4. The Morgan fingerprint density at radius 1 is 1.00 bits per heavy atom. The standard InChI is InChI=1S/C24H33NOSi/c1-17-10-9-13-22(18(17)2)25-16-21-14-20(19-11-7-6-8-12-19)15-23(24(21)26)27(3,4)5/h6-8,11-12,14-18,22,26H,9-10,13H2,1-5H3. The Morgan fingerprint density at radius 3 is 2.37 bits per heavy atom. The Morgan fingerprint density at radius 2 is 1.70 bits per heavy atom. The SMILES string of the molecule is CC1CCCC(N=Cc2cc(-c3ccccc3)cc([Si](C)(C)C)c2O)C1C. The quantitative estimate of drug-likeness (QED) is 0.524. The minimum Gasteiger partial charge on any atom is -0.507 e. The molecule has 0 spiro atoms. The van der Waals surface area contributed by atoms with Crippen LogP contribution in [0.4, 0.5) is 0 Å². The van der Waals surface area contributed by atoms with E-state index in [-0.39, 0.29) is 0 Å². The van der Waals surface area contributed by atoms with Crippen molar-refractivity contribution in [2.24, 2.45) is 16.8 Å². The van der Waals surface area contributed by atoms with Crippen LogP contribution in [0.25, 0.3) is 11.1 Å². The first-order chi connectivity index (χ1) is 12.8. The van der Waals surface area contributed by atoms with Crippen molar-refractivity contribution in [1.82, 2.24) is 0 Å². The molecule has 0 aliphatic heterocycles. The molecule has 1 saturated carbocycles.